The monoisotopic (exact) mass is 444 g/mol. The maximum Gasteiger partial charge on any atom is 0.335 e. The summed E-state index contributed by atoms with van der Waals surface area (Å²) in [6, 6.07) is 17.7. The lowest BCUT2D eigenvalue weighted by Crippen LogP contribution is -2.15. The number of carbonyl (C=O) groups is 1. The van der Waals surface area contributed by atoms with E-state index >= 15 is 0 Å². The molecule has 32 heavy (non-hydrogen) atoms. The number of sulfonamides is 1. The van der Waals surface area contributed by atoms with E-state index < -0.39 is 16.0 Å². The first-order chi connectivity index (χ1) is 15.4. The van der Waals surface area contributed by atoms with Crippen molar-refractivity contribution in [2.45, 2.75) is 11.8 Å². The summed E-state index contributed by atoms with van der Waals surface area (Å²) < 4.78 is 29.0. The molecule has 3 rings (SSSR count). The molecule has 0 aliphatic heterocycles. The zero-order chi connectivity index (χ0) is 23.1. The Kier molecular flexibility index (Phi) is 6.88. The predicted molar refractivity (Wildman–Crippen MR) is 127 cm³/mol. The van der Waals surface area contributed by atoms with Crippen molar-refractivity contribution in [2.75, 3.05) is 4.72 Å². The number of carboxylic acids is 1. The van der Waals surface area contributed by atoms with Gasteiger partial charge in [0, 0.05) is 16.7 Å². The molecule has 2 N–H and O–H groups in total. The van der Waals surface area contributed by atoms with Gasteiger partial charge in [0.1, 0.15) is 0 Å². The lowest BCUT2D eigenvalue weighted by Gasteiger charge is -2.13. The summed E-state index contributed by atoms with van der Waals surface area (Å²) in [5.41, 5.74) is 2.47. The van der Waals surface area contributed by atoms with Gasteiger partial charge in [-0.2, -0.15) is 0 Å². The van der Waals surface area contributed by atoms with Crippen molar-refractivity contribution in [1.82, 2.24) is 0 Å². The Morgan fingerprint density at radius 3 is 2.41 bits per heavy atom. The van der Waals surface area contributed by atoms with Crippen LogP contribution in [0.1, 0.15) is 34.0 Å². The van der Waals surface area contributed by atoms with Gasteiger partial charge >= 0.3 is 5.97 Å². The molecule has 3 aromatic carbocycles. The fourth-order valence-electron chi connectivity index (χ4n) is 2.96. The summed E-state index contributed by atoms with van der Waals surface area (Å²) in [6.07, 6.45) is 3.41. The van der Waals surface area contributed by atoms with Crippen molar-refractivity contribution in [3.8, 4) is 11.8 Å². The number of nitrogens with zero attached hydrogens (tertiary/aromatic N) is 1. The number of aromatic carboxylic acids is 1. The molecule has 7 heteroatoms. The first kappa shape index (κ1) is 22.5. The molecule has 0 amide bonds. The Balaban J connectivity index is 1.97. The topological polar surface area (TPSA) is 95.8 Å². The second kappa shape index (κ2) is 9.77. The normalized spacial score (nSPS) is 10.9. The summed E-state index contributed by atoms with van der Waals surface area (Å²) in [4.78, 5) is 15.0. The number of hydrogen-bond acceptors (Lipinski definition) is 4. The lowest BCUT2D eigenvalue weighted by molar-refractivity contribution is 0.0697. The molecule has 0 saturated carbocycles. The van der Waals surface area contributed by atoms with Gasteiger partial charge < -0.3 is 5.11 Å². The molecule has 0 unspecified atom stereocenters. The molecule has 0 atom stereocenters. The van der Waals surface area contributed by atoms with Crippen molar-refractivity contribution in [3.63, 3.8) is 0 Å². The summed E-state index contributed by atoms with van der Waals surface area (Å²) in [5.74, 6) is 4.86. The fraction of sp³-hybridized carbons (Fsp3) is 0.0400. The van der Waals surface area contributed by atoms with E-state index in [2.05, 4.69) is 28.3 Å². The van der Waals surface area contributed by atoms with E-state index in [9.17, 15) is 13.2 Å². The average molecular weight is 445 g/mol. The number of carboxylic acid groups (broad SMARTS) is 1. The van der Waals surface area contributed by atoms with Crippen molar-refractivity contribution in [2.24, 2.45) is 4.99 Å². The standard InChI is InChI=1S/C25H20N2O4S/c1-3-7-21-23(26-2)10-6-11-24(21)32(30,31)27-22-9-5-4-8-19(22)15-12-18-13-16-20(17-14-18)25(28)29/h3-11,13-14,16-17,27H,2H2,1H3,(H,28,29)/b7-3-. The zero-order valence-electron chi connectivity index (χ0n) is 17.2. The van der Waals surface area contributed by atoms with Crippen molar-refractivity contribution in [1.29, 1.82) is 0 Å². The van der Waals surface area contributed by atoms with Crippen molar-refractivity contribution >= 4 is 40.2 Å². The highest BCUT2D eigenvalue weighted by molar-refractivity contribution is 7.92. The molecule has 0 fully saturated rings. The average Bonchev–Trinajstić information content (AvgIpc) is 2.78. The van der Waals surface area contributed by atoms with Crippen molar-refractivity contribution < 1.29 is 18.3 Å². The third kappa shape index (κ3) is 5.12. The molecule has 0 bridgehead atoms. The number of allylic oxidation sites excluding steroid dienone is 1. The van der Waals surface area contributed by atoms with Gasteiger partial charge in [-0.05, 0) is 62.2 Å². The smallest absolute Gasteiger partial charge is 0.335 e. The highest BCUT2D eigenvalue weighted by Crippen LogP contribution is 2.29. The summed E-state index contributed by atoms with van der Waals surface area (Å²) >= 11 is 0. The number of nitrogens with one attached hydrogen (secondary N) is 1. The Morgan fingerprint density at radius 2 is 1.75 bits per heavy atom. The van der Waals surface area contributed by atoms with Gasteiger partial charge in [0.25, 0.3) is 10.0 Å². The Labute approximate surface area is 187 Å². The molecule has 0 aromatic heterocycles. The van der Waals surface area contributed by atoms with Crippen LogP contribution in [0, 0.1) is 11.8 Å². The van der Waals surface area contributed by atoms with E-state index in [1.165, 1.54) is 18.2 Å². The van der Waals surface area contributed by atoms with Crippen LogP contribution >= 0.6 is 0 Å². The highest BCUT2D eigenvalue weighted by atomic mass is 32.2. The van der Waals surface area contributed by atoms with E-state index in [0.29, 0.717) is 28.1 Å². The maximum absolute atomic E-state index is 13.2. The van der Waals surface area contributed by atoms with E-state index in [1.807, 2.05) is 0 Å². The number of hydrogen-bond donors (Lipinski definition) is 2. The van der Waals surface area contributed by atoms with Crippen LogP contribution in [0.2, 0.25) is 0 Å². The van der Waals surface area contributed by atoms with E-state index in [-0.39, 0.29) is 10.5 Å². The van der Waals surface area contributed by atoms with Crippen LogP contribution in [0.15, 0.2) is 82.7 Å². The second-order valence-corrected chi connectivity index (χ2v) is 8.28. The van der Waals surface area contributed by atoms with Crippen LogP contribution in [0.3, 0.4) is 0 Å². The number of anilines is 1. The summed E-state index contributed by atoms with van der Waals surface area (Å²) in [7, 11) is -3.94. The van der Waals surface area contributed by atoms with Gasteiger partial charge in [-0.25, -0.2) is 13.2 Å². The molecule has 0 saturated heterocycles. The molecule has 0 aliphatic carbocycles. The Morgan fingerprint density at radius 1 is 1.03 bits per heavy atom. The minimum Gasteiger partial charge on any atom is -0.478 e. The van der Waals surface area contributed by atoms with Crippen molar-refractivity contribution in [3.05, 3.63) is 95.1 Å². The molecule has 6 nitrogen and oxygen atoms in total. The van der Waals surface area contributed by atoms with Crippen LogP contribution in [0.4, 0.5) is 11.4 Å². The maximum atomic E-state index is 13.2. The van der Waals surface area contributed by atoms with Gasteiger partial charge in [-0.1, -0.05) is 42.2 Å². The zero-order valence-corrected chi connectivity index (χ0v) is 18.1. The lowest BCUT2D eigenvalue weighted by atomic mass is 10.1. The van der Waals surface area contributed by atoms with Crippen LogP contribution in [-0.4, -0.2) is 26.2 Å². The number of rotatable bonds is 6. The number of aliphatic imine (C=N–C) groups is 1. The third-order valence-corrected chi connectivity index (χ3v) is 5.90. The summed E-state index contributed by atoms with van der Waals surface area (Å²) in [6.45, 7) is 5.30. The minimum absolute atomic E-state index is 0.0764. The molecule has 0 heterocycles. The van der Waals surface area contributed by atoms with Crippen LogP contribution in [-0.2, 0) is 10.0 Å². The molecule has 0 spiro atoms. The molecular weight excluding hydrogens is 424 g/mol. The van der Waals surface area contributed by atoms with Crippen LogP contribution in [0.5, 0.6) is 0 Å². The number of para-hydroxylation sites is 1. The second-order valence-electron chi connectivity index (χ2n) is 6.63. The van der Waals surface area contributed by atoms with Gasteiger partial charge in [0.05, 0.1) is 21.8 Å². The van der Waals surface area contributed by atoms with Gasteiger partial charge in [0.15, 0.2) is 0 Å². The molecule has 0 radical (unpaired) electrons. The molecule has 160 valence electrons. The first-order valence-corrected chi connectivity index (χ1v) is 11.0. The first-order valence-electron chi connectivity index (χ1n) is 9.55. The molecule has 0 aliphatic rings. The number of benzene rings is 3. The van der Waals surface area contributed by atoms with Gasteiger partial charge in [-0.3, -0.25) is 9.71 Å². The SMILES string of the molecule is C=Nc1cccc(S(=O)(=O)Nc2ccccc2C#Cc2ccc(C(=O)O)cc2)c1/C=C\C. The van der Waals surface area contributed by atoms with Crippen LogP contribution < -0.4 is 4.72 Å². The Bertz CT molecular complexity index is 1360. The largest absolute Gasteiger partial charge is 0.478 e. The molecular formula is C25H20N2O4S. The van der Waals surface area contributed by atoms with E-state index in [0.717, 1.165) is 0 Å². The van der Waals surface area contributed by atoms with Crippen LogP contribution in [0.25, 0.3) is 6.08 Å². The highest BCUT2D eigenvalue weighted by Gasteiger charge is 2.20. The Hall–Kier alpha value is -4.15. The van der Waals surface area contributed by atoms with Gasteiger partial charge in [-0.15, -0.1) is 0 Å². The van der Waals surface area contributed by atoms with E-state index in [4.69, 9.17) is 5.11 Å². The van der Waals surface area contributed by atoms with E-state index in [1.54, 1.807) is 67.6 Å². The van der Waals surface area contributed by atoms with Gasteiger partial charge in [0.2, 0.25) is 0 Å². The minimum atomic E-state index is -3.94. The fourth-order valence-corrected chi connectivity index (χ4v) is 4.25. The quantitative estimate of drug-likeness (QED) is 0.415. The summed E-state index contributed by atoms with van der Waals surface area (Å²) in [5, 5.41) is 8.99. The predicted octanol–water partition coefficient (Wildman–Crippen LogP) is 4.95. The molecule has 3 aromatic rings. The third-order valence-electron chi connectivity index (χ3n) is 4.48.